The molecule has 0 aliphatic rings. The molecule has 0 saturated heterocycles. The number of phenols is 1. The molecule has 0 aliphatic heterocycles. The van der Waals surface area contributed by atoms with Crippen molar-refractivity contribution in [2.24, 2.45) is 0 Å². The fraction of sp³-hybridized carbons (Fsp3) is 0. The lowest BCUT2D eigenvalue weighted by molar-refractivity contribution is 0.112. The summed E-state index contributed by atoms with van der Waals surface area (Å²) < 4.78 is 1.47. The second-order valence-corrected chi connectivity index (χ2v) is 4.58. The zero-order chi connectivity index (χ0) is 9.42. The summed E-state index contributed by atoms with van der Waals surface area (Å²) in [6.45, 7) is 0. The molecule has 13 heavy (non-hydrogen) atoms. The standard InChI is InChI=1S/C9H5IO2S/c10-7-6(4-11)3-5-1-2-13-9(5)8(7)12/h1-4,12H. The minimum atomic E-state index is 0.218. The van der Waals surface area contributed by atoms with Gasteiger partial charge in [0, 0.05) is 5.56 Å². The number of benzene rings is 1. The van der Waals surface area contributed by atoms with Crippen molar-refractivity contribution >= 4 is 50.3 Å². The number of aldehydes is 1. The Morgan fingerprint density at radius 2 is 2.31 bits per heavy atom. The molecule has 1 heterocycles. The smallest absolute Gasteiger partial charge is 0.151 e. The Hall–Kier alpha value is -0.620. The number of thiophene rings is 1. The first kappa shape index (κ1) is 8.96. The Morgan fingerprint density at radius 1 is 1.54 bits per heavy atom. The molecule has 66 valence electrons. The van der Waals surface area contributed by atoms with E-state index in [-0.39, 0.29) is 5.75 Å². The van der Waals surface area contributed by atoms with Crippen LogP contribution in [0.5, 0.6) is 5.75 Å². The van der Waals surface area contributed by atoms with Gasteiger partial charge in [0.1, 0.15) is 5.75 Å². The minimum Gasteiger partial charge on any atom is -0.505 e. The highest BCUT2D eigenvalue weighted by Gasteiger charge is 2.10. The van der Waals surface area contributed by atoms with Gasteiger partial charge in [0.25, 0.3) is 0 Å². The van der Waals surface area contributed by atoms with E-state index in [4.69, 9.17) is 0 Å². The van der Waals surface area contributed by atoms with E-state index in [1.807, 2.05) is 34.0 Å². The highest BCUT2D eigenvalue weighted by molar-refractivity contribution is 14.1. The number of halogens is 1. The fourth-order valence-corrected chi connectivity index (χ4v) is 2.74. The summed E-state index contributed by atoms with van der Waals surface area (Å²) in [7, 11) is 0. The Bertz CT molecular complexity index is 476. The Labute approximate surface area is 92.3 Å². The van der Waals surface area contributed by atoms with Crippen LogP contribution in [0.4, 0.5) is 0 Å². The average Bonchev–Trinajstić information content (AvgIpc) is 2.59. The monoisotopic (exact) mass is 304 g/mol. The van der Waals surface area contributed by atoms with Crippen molar-refractivity contribution in [3.8, 4) is 5.75 Å². The molecule has 1 N–H and O–H groups in total. The molecule has 0 fully saturated rings. The van der Waals surface area contributed by atoms with Crippen molar-refractivity contribution in [1.82, 2.24) is 0 Å². The maximum absolute atomic E-state index is 10.6. The van der Waals surface area contributed by atoms with Crippen molar-refractivity contribution in [3.63, 3.8) is 0 Å². The van der Waals surface area contributed by atoms with E-state index in [0.29, 0.717) is 9.13 Å². The van der Waals surface area contributed by atoms with Crippen LogP contribution in [0.15, 0.2) is 17.5 Å². The summed E-state index contributed by atoms with van der Waals surface area (Å²) in [5.74, 6) is 0.218. The quantitative estimate of drug-likeness (QED) is 0.649. The minimum absolute atomic E-state index is 0.218. The third-order valence-electron chi connectivity index (χ3n) is 1.81. The Balaban J connectivity index is 2.91. The predicted octanol–water partition coefficient (Wildman–Crippen LogP) is 3.02. The Morgan fingerprint density at radius 3 is 3.00 bits per heavy atom. The van der Waals surface area contributed by atoms with Crippen molar-refractivity contribution in [3.05, 3.63) is 26.6 Å². The van der Waals surface area contributed by atoms with Crippen molar-refractivity contribution in [1.29, 1.82) is 0 Å². The molecule has 1 aromatic carbocycles. The van der Waals surface area contributed by atoms with Gasteiger partial charge in [-0.15, -0.1) is 11.3 Å². The van der Waals surface area contributed by atoms with Crippen LogP contribution in [0.2, 0.25) is 0 Å². The van der Waals surface area contributed by atoms with Crippen molar-refractivity contribution in [2.75, 3.05) is 0 Å². The van der Waals surface area contributed by atoms with E-state index >= 15 is 0 Å². The van der Waals surface area contributed by atoms with Crippen LogP contribution in [0, 0.1) is 3.57 Å². The number of rotatable bonds is 1. The highest BCUT2D eigenvalue weighted by atomic mass is 127. The summed E-state index contributed by atoms with van der Waals surface area (Å²) in [5, 5.41) is 12.5. The SMILES string of the molecule is O=Cc1cc2ccsc2c(O)c1I. The molecule has 0 bridgehead atoms. The fourth-order valence-electron chi connectivity index (χ4n) is 1.18. The predicted molar refractivity (Wildman–Crippen MR) is 61.6 cm³/mol. The van der Waals surface area contributed by atoms with Crippen LogP contribution in [0.25, 0.3) is 10.1 Å². The van der Waals surface area contributed by atoms with Crippen molar-refractivity contribution in [2.45, 2.75) is 0 Å². The molecule has 0 radical (unpaired) electrons. The molecule has 0 saturated carbocycles. The number of fused-ring (bicyclic) bond motifs is 1. The van der Waals surface area contributed by atoms with Crippen molar-refractivity contribution < 1.29 is 9.90 Å². The van der Waals surface area contributed by atoms with Gasteiger partial charge in [-0.2, -0.15) is 0 Å². The zero-order valence-electron chi connectivity index (χ0n) is 6.45. The molecule has 0 amide bonds. The molecule has 0 atom stereocenters. The number of carbonyl (C=O) groups excluding carboxylic acids is 1. The number of hydrogen-bond donors (Lipinski definition) is 1. The maximum Gasteiger partial charge on any atom is 0.151 e. The van der Waals surface area contributed by atoms with Gasteiger partial charge in [-0.25, -0.2) is 0 Å². The summed E-state index contributed by atoms with van der Waals surface area (Å²) >= 11 is 3.45. The third-order valence-corrected chi connectivity index (χ3v) is 3.88. The molecule has 0 spiro atoms. The van der Waals surface area contributed by atoms with E-state index in [1.54, 1.807) is 6.07 Å². The zero-order valence-corrected chi connectivity index (χ0v) is 9.43. The van der Waals surface area contributed by atoms with Crippen LogP contribution in [-0.2, 0) is 0 Å². The lowest BCUT2D eigenvalue weighted by Crippen LogP contribution is -1.85. The molecular weight excluding hydrogens is 299 g/mol. The van der Waals surface area contributed by atoms with Crippen LogP contribution in [0.3, 0.4) is 0 Å². The van der Waals surface area contributed by atoms with Gasteiger partial charge in [0.05, 0.1) is 8.27 Å². The summed E-state index contributed by atoms with van der Waals surface area (Å²) in [6.07, 6.45) is 0.762. The summed E-state index contributed by atoms with van der Waals surface area (Å²) in [6, 6.07) is 3.68. The van der Waals surface area contributed by atoms with E-state index in [0.717, 1.165) is 16.4 Å². The number of carbonyl (C=O) groups is 1. The molecule has 0 aliphatic carbocycles. The molecule has 1 aromatic heterocycles. The summed E-state index contributed by atoms with van der Waals surface area (Å²) in [4.78, 5) is 10.6. The maximum atomic E-state index is 10.6. The summed E-state index contributed by atoms with van der Waals surface area (Å²) in [5.41, 5.74) is 0.545. The first-order valence-corrected chi connectivity index (χ1v) is 5.53. The first-order valence-electron chi connectivity index (χ1n) is 3.58. The average molecular weight is 304 g/mol. The van der Waals surface area contributed by atoms with Gasteiger partial charge in [-0.1, -0.05) is 0 Å². The third kappa shape index (κ3) is 1.34. The van der Waals surface area contributed by atoms with Gasteiger partial charge in [-0.3, -0.25) is 4.79 Å². The molecular formula is C9H5IO2S. The topological polar surface area (TPSA) is 37.3 Å². The number of hydrogen-bond acceptors (Lipinski definition) is 3. The van der Waals surface area contributed by atoms with Crippen LogP contribution >= 0.6 is 33.9 Å². The van der Waals surface area contributed by atoms with Crippen LogP contribution in [-0.4, -0.2) is 11.4 Å². The van der Waals surface area contributed by atoms with Gasteiger partial charge in [-0.05, 0) is 45.5 Å². The molecule has 2 aromatic rings. The normalized spacial score (nSPS) is 10.5. The second-order valence-electron chi connectivity index (χ2n) is 2.59. The number of phenolic OH excluding ortho intramolecular Hbond substituents is 1. The van der Waals surface area contributed by atoms with E-state index < -0.39 is 0 Å². The van der Waals surface area contributed by atoms with Crippen LogP contribution < -0.4 is 0 Å². The molecule has 2 rings (SSSR count). The van der Waals surface area contributed by atoms with Gasteiger partial charge < -0.3 is 5.11 Å². The largest absolute Gasteiger partial charge is 0.505 e. The molecule has 0 unspecified atom stereocenters. The van der Waals surface area contributed by atoms with E-state index in [1.165, 1.54) is 11.3 Å². The van der Waals surface area contributed by atoms with Gasteiger partial charge in [0.15, 0.2) is 6.29 Å². The molecule has 2 nitrogen and oxygen atoms in total. The molecule has 4 heteroatoms. The lowest BCUT2D eigenvalue weighted by Gasteiger charge is -2.01. The van der Waals surface area contributed by atoms with E-state index in [2.05, 4.69) is 0 Å². The lowest BCUT2D eigenvalue weighted by atomic mass is 10.2. The van der Waals surface area contributed by atoms with Gasteiger partial charge in [0.2, 0.25) is 0 Å². The first-order chi connectivity index (χ1) is 6.24. The highest BCUT2D eigenvalue weighted by Crippen LogP contribution is 2.35. The second kappa shape index (κ2) is 3.26. The van der Waals surface area contributed by atoms with Crippen LogP contribution in [0.1, 0.15) is 10.4 Å². The van der Waals surface area contributed by atoms with E-state index in [9.17, 15) is 9.90 Å². The number of aromatic hydroxyl groups is 1. The van der Waals surface area contributed by atoms with Gasteiger partial charge >= 0.3 is 0 Å². The Kier molecular flexibility index (Phi) is 2.25.